The summed E-state index contributed by atoms with van der Waals surface area (Å²) in [5, 5.41) is 4.40. The van der Waals surface area contributed by atoms with E-state index in [0.29, 0.717) is 50.3 Å². The number of hydrogen-bond donors (Lipinski definition) is 1. The van der Waals surface area contributed by atoms with E-state index in [1.807, 2.05) is 24.3 Å². The zero-order valence-corrected chi connectivity index (χ0v) is 21.9. The number of aromatic nitrogens is 2. The van der Waals surface area contributed by atoms with Gasteiger partial charge in [0.2, 0.25) is 5.91 Å². The highest BCUT2D eigenvalue weighted by Crippen LogP contribution is 2.30. The van der Waals surface area contributed by atoms with Crippen LogP contribution in [0.4, 0.5) is 0 Å². The van der Waals surface area contributed by atoms with Crippen molar-refractivity contribution < 1.29 is 14.3 Å². The van der Waals surface area contributed by atoms with Crippen molar-refractivity contribution in [2.75, 3.05) is 18.9 Å². The molecule has 1 aromatic carbocycles. The Bertz CT molecular complexity index is 1220. The summed E-state index contributed by atoms with van der Waals surface area (Å²) in [5.74, 6) is -0.413. The molecule has 0 bridgehead atoms. The van der Waals surface area contributed by atoms with Crippen LogP contribution in [0.15, 0.2) is 34.2 Å². The molecule has 3 rings (SSSR count). The van der Waals surface area contributed by atoms with Crippen LogP contribution in [0, 0.1) is 6.92 Å². The number of hydrogen-bond acceptors (Lipinski definition) is 7. The number of halogens is 1. The molecule has 0 radical (unpaired) electrons. The third-order valence-electron chi connectivity index (χ3n) is 5.20. The molecule has 34 heavy (non-hydrogen) atoms. The average molecular weight is 522 g/mol. The summed E-state index contributed by atoms with van der Waals surface area (Å²) in [6.07, 6.45) is 2.50. The van der Waals surface area contributed by atoms with E-state index < -0.39 is 5.97 Å². The Balaban J connectivity index is 1.95. The average Bonchev–Trinajstić information content (AvgIpc) is 3.15. The van der Waals surface area contributed by atoms with E-state index in [9.17, 15) is 14.4 Å². The Morgan fingerprint density at radius 1 is 1.24 bits per heavy atom. The Morgan fingerprint density at radius 3 is 2.65 bits per heavy atom. The summed E-state index contributed by atoms with van der Waals surface area (Å²) < 4.78 is 6.74. The number of carbonyl (C=O) groups excluding carboxylic acids is 2. The lowest BCUT2D eigenvalue weighted by Crippen LogP contribution is -2.28. The van der Waals surface area contributed by atoms with Gasteiger partial charge in [-0.15, -0.1) is 11.3 Å². The van der Waals surface area contributed by atoms with Gasteiger partial charge >= 0.3 is 5.97 Å². The molecule has 7 nitrogen and oxygen atoms in total. The molecule has 2 heterocycles. The molecule has 3 aromatic rings. The van der Waals surface area contributed by atoms with Gasteiger partial charge in [-0.25, -0.2) is 9.78 Å². The zero-order chi connectivity index (χ0) is 24.7. The van der Waals surface area contributed by atoms with Crippen molar-refractivity contribution in [3.63, 3.8) is 0 Å². The Kier molecular flexibility index (Phi) is 9.55. The quantitative estimate of drug-likeness (QED) is 0.168. The van der Waals surface area contributed by atoms with E-state index in [0.717, 1.165) is 29.7 Å². The smallest absolute Gasteiger partial charge is 0.348 e. The van der Waals surface area contributed by atoms with Gasteiger partial charge in [-0.1, -0.05) is 48.8 Å². The van der Waals surface area contributed by atoms with Crippen LogP contribution in [0.25, 0.3) is 10.2 Å². The van der Waals surface area contributed by atoms with E-state index in [2.05, 4.69) is 12.2 Å². The maximum Gasteiger partial charge on any atom is 0.348 e. The number of nitrogens with one attached hydrogen (secondary N) is 1. The van der Waals surface area contributed by atoms with Gasteiger partial charge in [0.15, 0.2) is 5.16 Å². The summed E-state index contributed by atoms with van der Waals surface area (Å²) in [6, 6.07) is 7.46. The van der Waals surface area contributed by atoms with E-state index in [-0.39, 0.29) is 23.8 Å². The van der Waals surface area contributed by atoms with Crippen LogP contribution in [0.3, 0.4) is 0 Å². The molecule has 182 valence electrons. The number of aryl methyl sites for hydroxylation is 2. The molecule has 0 aliphatic carbocycles. The molecule has 0 fully saturated rings. The molecule has 0 unspecified atom stereocenters. The molecule has 0 saturated carbocycles. The second kappa shape index (κ2) is 12.4. The number of unbranched alkanes of at least 4 members (excludes halogenated alkanes) is 1. The number of esters is 1. The van der Waals surface area contributed by atoms with Crippen molar-refractivity contribution >= 4 is 56.8 Å². The highest BCUT2D eigenvalue weighted by molar-refractivity contribution is 7.99. The van der Waals surface area contributed by atoms with E-state index in [1.165, 1.54) is 11.8 Å². The SMILES string of the molecule is CCCCNC(=O)CSc1nc2sc(C(=O)OCC)c(C)c2c(=O)n1CCc1ccc(Cl)cc1. The van der Waals surface area contributed by atoms with Crippen LogP contribution in [0.1, 0.15) is 47.5 Å². The minimum Gasteiger partial charge on any atom is -0.462 e. The van der Waals surface area contributed by atoms with Gasteiger partial charge in [0.1, 0.15) is 9.71 Å². The van der Waals surface area contributed by atoms with Gasteiger partial charge in [-0.3, -0.25) is 14.2 Å². The fraction of sp³-hybridized carbons (Fsp3) is 0.417. The number of thiophene rings is 1. The van der Waals surface area contributed by atoms with Crippen molar-refractivity contribution in [1.29, 1.82) is 0 Å². The van der Waals surface area contributed by atoms with Crippen molar-refractivity contribution in [2.24, 2.45) is 0 Å². The van der Waals surface area contributed by atoms with Crippen molar-refractivity contribution in [3.05, 3.63) is 55.6 Å². The molecular weight excluding hydrogens is 494 g/mol. The highest BCUT2D eigenvalue weighted by atomic mass is 35.5. The number of thioether (sulfide) groups is 1. The largest absolute Gasteiger partial charge is 0.462 e. The van der Waals surface area contributed by atoms with Gasteiger partial charge < -0.3 is 10.1 Å². The zero-order valence-electron chi connectivity index (χ0n) is 19.5. The van der Waals surface area contributed by atoms with Gasteiger partial charge in [0, 0.05) is 18.1 Å². The maximum atomic E-state index is 13.5. The first kappa shape index (κ1) is 26.2. The molecule has 0 saturated heterocycles. The number of nitrogens with zero attached hydrogens (tertiary/aromatic N) is 2. The Labute approximate surface area is 211 Å². The lowest BCUT2D eigenvalue weighted by Gasteiger charge is -2.12. The van der Waals surface area contributed by atoms with Gasteiger partial charge in [0.05, 0.1) is 17.7 Å². The first-order chi connectivity index (χ1) is 16.3. The molecule has 0 spiro atoms. The van der Waals surface area contributed by atoms with Crippen LogP contribution in [-0.4, -0.2) is 40.3 Å². The number of rotatable bonds is 11. The van der Waals surface area contributed by atoms with Crippen LogP contribution in [0.5, 0.6) is 0 Å². The molecule has 0 atom stereocenters. The van der Waals surface area contributed by atoms with Crippen LogP contribution < -0.4 is 10.9 Å². The Morgan fingerprint density at radius 2 is 1.97 bits per heavy atom. The molecule has 10 heteroatoms. The monoisotopic (exact) mass is 521 g/mol. The third kappa shape index (κ3) is 6.40. The number of carbonyl (C=O) groups is 2. The number of benzene rings is 1. The standard InChI is InChI=1S/C24H28ClN3O4S2/c1-4-6-12-26-18(29)14-33-24-27-21-19(15(3)20(34-21)23(31)32-5-2)22(30)28(24)13-11-16-7-9-17(25)10-8-16/h7-10H,4-6,11-14H2,1-3H3,(H,26,29). The lowest BCUT2D eigenvalue weighted by molar-refractivity contribution is -0.118. The van der Waals surface area contributed by atoms with Crippen molar-refractivity contribution in [1.82, 2.24) is 14.9 Å². The van der Waals surface area contributed by atoms with Crippen molar-refractivity contribution in [2.45, 2.75) is 51.7 Å². The fourth-order valence-electron chi connectivity index (χ4n) is 3.37. The molecular formula is C24H28ClN3O4S2. The third-order valence-corrected chi connectivity index (χ3v) is 7.59. The topological polar surface area (TPSA) is 90.3 Å². The predicted octanol–water partition coefficient (Wildman–Crippen LogP) is 4.85. The maximum absolute atomic E-state index is 13.5. The molecule has 1 N–H and O–H groups in total. The number of fused-ring (bicyclic) bond motifs is 1. The summed E-state index contributed by atoms with van der Waals surface area (Å²) in [6.45, 7) is 6.80. The van der Waals surface area contributed by atoms with E-state index in [4.69, 9.17) is 21.3 Å². The van der Waals surface area contributed by atoms with Gasteiger partial charge in [0.25, 0.3) is 5.56 Å². The first-order valence-corrected chi connectivity index (χ1v) is 13.4. The summed E-state index contributed by atoms with van der Waals surface area (Å²) in [7, 11) is 0. The number of ether oxygens (including phenoxy) is 1. The normalized spacial score (nSPS) is 11.1. The van der Waals surface area contributed by atoms with Crippen LogP contribution in [-0.2, 0) is 22.5 Å². The number of amides is 1. The molecule has 1 amide bonds. The molecule has 0 aliphatic rings. The lowest BCUT2D eigenvalue weighted by atomic mass is 10.1. The molecule has 0 aliphatic heterocycles. The second-order valence-electron chi connectivity index (χ2n) is 7.68. The van der Waals surface area contributed by atoms with Crippen LogP contribution >= 0.6 is 34.7 Å². The highest BCUT2D eigenvalue weighted by Gasteiger charge is 2.22. The van der Waals surface area contributed by atoms with Gasteiger partial charge in [-0.2, -0.15) is 0 Å². The summed E-state index contributed by atoms with van der Waals surface area (Å²) in [4.78, 5) is 43.7. The van der Waals surface area contributed by atoms with Crippen molar-refractivity contribution in [3.8, 4) is 0 Å². The fourth-order valence-corrected chi connectivity index (χ4v) is 5.47. The first-order valence-electron chi connectivity index (χ1n) is 11.2. The van der Waals surface area contributed by atoms with Crippen LogP contribution in [0.2, 0.25) is 5.02 Å². The minimum atomic E-state index is -0.459. The van der Waals surface area contributed by atoms with Gasteiger partial charge in [-0.05, 0) is 49.9 Å². The molecule has 2 aromatic heterocycles. The predicted molar refractivity (Wildman–Crippen MR) is 138 cm³/mol. The van der Waals surface area contributed by atoms with E-state index in [1.54, 1.807) is 18.4 Å². The Hall–Kier alpha value is -2.36. The summed E-state index contributed by atoms with van der Waals surface area (Å²) in [5.41, 5.74) is 1.38. The minimum absolute atomic E-state index is 0.105. The summed E-state index contributed by atoms with van der Waals surface area (Å²) >= 11 is 8.36. The second-order valence-corrected chi connectivity index (χ2v) is 10.1. The van der Waals surface area contributed by atoms with E-state index >= 15 is 0 Å².